The van der Waals surface area contributed by atoms with Crippen molar-refractivity contribution < 1.29 is 28.7 Å². The van der Waals surface area contributed by atoms with Crippen LogP contribution in [0, 0.1) is 20.8 Å². The maximum atomic E-state index is 13.5. The molecule has 0 saturated carbocycles. The standard InChI is InChI=1S/C50H60ClN11O6S/c1-29-30(2)69-49-45(29)50(4,32-15-17-33(51)18-16-32)55-37(46-58-56-31(3)61(46)49)27-43(65)53-23-6-5-11-34-28-60(59-57-34)25-10-14-41(63)52-24-7-8-26-68-40-21-19-38-44-35(40)12-9-13-36(44)48(67)62(38)39-20-22-42(64)54-47(39)66/h9,12-13,15-18,28,37-40,55H,5-8,10-11,14,19-27H2,1-4H3,(H,52,63)(H,53,65)(H,54,64,66)/t37-,38?,39?,40?,50?/m0/s1. The summed E-state index contributed by atoms with van der Waals surface area (Å²) in [5.41, 5.74) is 6.19. The number of imide groups is 1. The molecule has 4 unspecified atom stereocenters. The molecule has 1 saturated heterocycles. The predicted octanol–water partition coefficient (Wildman–Crippen LogP) is 6.47. The van der Waals surface area contributed by atoms with Crippen LogP contribution in [-0.4, -0.2) is 89.9 Å². The first-order valence-electron chi connectivity index (χ1n) is 24.2. The Bertz CT molecular complexity index is 2750. The lowest BCUT2D eigenvalue weighted by atomic mass is 9.82. The molecule has 69 heavy (non-hydrogen) atoms. The lowest BCUT2D eigenvalue weighted by molar-refractivity contribution is -0.137. The summed E-state index contributed by atoms with van der Waals surface area (Å²) in [7, 11) is 0. The zero-order valence-corrected chi connectivity index (χ0v) is 41.2. The summed E-state index contributed by atoms with van der Waals surface area (Å²) in [5.74, 6) is 0.543. The molecule has 5 amide bonds. The van der Waals surface area contributed by atoms with Gasteiger partial charge in [0, 0.05) is 72.7 Å². The molecular weight excluding hydrogens is 918 g/mol. The third-order valence-electron chi connectivity index (χ3n) is 14.1. The van der Waals surface area contributed by atoms with E-state index in [1.165, 1.54) is 10.4 Å². The number of thiophene rings is 1. The van der Waals surface area contributed by atoms with Gasteiger partial charge in [0.2, 0.25) is 23.6 Å². The molecule has 5 atom stereocenters. The van der Waals surface area contributed by atoms with E-state index in [1.54, 1.807) is 20.9 Å². The molecule has 4 aliphatic rings. The maximum Gasteiger partial charge on any atom is 0.255 e. The Balaban J connectivity index is 0.659. The highest BCUT2D eigenvalue weighted by Crippen LogP contribution is 2.49. The van der Waals surface area contributed by atoms with Gasteiger partial charge in [-0.2, -0.15) is 0 Å². The van der Waals surface area contributed by atoms with E-state index in [4.69, 9.17) is 16.3 Å². The second-order valence-electron chi connectivity index (χ2n) is 18.8. The Morgan fingerprint density at radius 3 is 2.49 bits per heavy atom. The summed E-state index contributed by atoms with van der Waals surface area (Å²) in [6, 6.07) is 12.3. The van der Waals surface area contributed by atoms with E-state index in [0.717, 1.165) is 77.3 Å². The Morgan fingerprint density at radius 2 is 1.70 bits per heavy atom. The number of hydrogen-bond acceptors (Lipinski definition) is 12. The number of amides is 5. The van der Waals surface area contributed by atoms with E-state index in [0.29, 0.717) is 68.3 Å². The molecule has 2 aromatic carbocycles. The Morgan fingerprint density at radius 1 is 0.913 bits per heavy atom. The SMILES string of the molecule is Cc1sc2c(c1C)C(C)(c1ccc(Cl)cc1)N[C@@H](CC(=O)NCCCCc1cn(CCCC(=O)NCCCCOC3CCC4c5c(cccc53)C(=O)N4C3CCC(=O)NC3=O)nn1)c1nnc(C)n1-2. The van der Waals surface area contributed by atoms with Gasteiger partial charge in [-0.1, -0.05) is 41.1 Å². The summed E-state index contributed by atoms with van der Waals surface area (Å²) in [5, 5.41) is 31.7. The van der Waals surface area contributed by atoms with Crippen LogP contribution in [0.3, 0.4) is 0 Å². The number of ether oxygens (including phenoxy) is 1. The van der Waals surface area contributed by atoms with E-state index in [1.807, 2.05) is 55.6 Å². The van der Waals surface area contributed by atoms with Gasteiger partial charge >= 0.3 is 0 Å². The number of aryl methyl sites for hydroxylation is 4. The van der Waals surface area contributed by atoms with E-state index in [2.05, 4.69) is 67.1 Å². The molecule has 0 radical (unpaired) electrons. The third kappa shape index (κ3) is 9.98. The highest BCUT2D eigenvalue weighted by atomic mass is 35.5. The predicted molar refractivity (Wildman–Crippen MR) is 259 cm³/mol. The molecule has 0 bridgehead atoms. The first kappa shape index (κ1) is 48.2. The number of rotatable bonds is 19. The van der Waals surface area contributed by atoms with Gasteiger partial charge in [0.25, 0.3) is 5.91 Å². The van der Waals surface area contributed by atoms with Crippen molar-refractivity contribution in [1.29, 1.82) is 0 Å². The fourth-order valence-corrected chi connectivity index (χ4v) is 12.0. The molecule has 1 aliphatic carbocycles. The van der Waals surface area contributed by atoms with Crippen LogP contribution in [0.2, 0.25) is 5.02 Å². The molecule has 3 aromatic heterocycles. The molecule has 3 aliphatic heterocycles. The van der Waals surface area contributed by atoms with Crippen molar-refractivity contribution >= 4 is 52.5 Å². The first-order valence-corrected chi connectivity index (χ1v) is 25.4. The minimum Gasteiger partial charge on any atom is -0.374 e. The van der Waals surface area contributed by atoms with E-state index >= 15 is 0 Å². The zero-order valence-electron chi connectivity index (χ0n) is 39.6. The molecule has 17 nitrogen and oxygen atoms in total. The number of nitrogens with zero attached hydrogens (tertiary/aromatic N) is 7. The number of carbonyl (C=O) groups excluding carboxylic acids is 5. The quantitative estimate of drug-likeness (QED) is 0.0521. The average molecular weight is 979 g/mol. The van der Waals surface area contributed by atoms with Crippen LogP contribution in [0.4, 0.5) is 0 Å². The van der Waals surface area contributed by atoms with Gasteiger partial charge in [-0.25, -0.2) is 0 Å². The highest BCUT2D eigenvalue weighted by molar-refractivity contribution is 7.14. The smallest absolute Gasteiger partial charge is 0.255 e. The number of piperidine rings is 1. The maximum absolute atomic E-state index is 13.5. The van der Waals surface area contributed by atoms with E-state index < -0.39 is 23.5 Å². The van der Waals surface area contributed by atoms with Crippen molar-refractivity contribution in [2.75, 3.05) is 19.7 Å². The second-order valence-corrected chi connectivity index (χ2v) is 20.5. The summed E-state index contributed by atoms with van der Waals surface area (Å²) in [4.78, 5) is 66.9. The van der Waals surface area contributed by atoms with Crippen LogP contribution in [0.1, 0.15) is 156 Å². The average Bonchev–Trinajstić information content (AvgIpc) is 4.08. The Labute approximate surface area is 410 Å². The van der Waals surface area contributed by atoms with Crippen molar-refractivity contribution in [3.05, 3.63) is 109 Å². The van der Waals surface area contributed by atoms with Crippen molar-refractivity contribution in [3.8, 4) is 5.00 Å². The molecule has 5 aromatic rings. The van der Waals surface area contributed by atoms with Crippen molar-refractivity contribution in [1.82, 2.24) is 55.9 Å². The van der Waals surface area contributed by atoms with E-state index in [-0.39, 0.29) is 48.6 Å². The zero-order chi connectivity index (χ0) is 48.4. The van der Waals surface area contributed by atoms with E-state index in [9.17, 15) is 24.0 Å². The van der Waals surface area contributed by atoms with Gasteiger partial charge in [0.15, 0.2) is 5.82 Å². The highest BCUT2D eigenvalue weighted by Gasteiger charge is 2.48. The van der Waals surface area contributed by atoms with Crippen LogP contribution in [0.25, 0.3) is 5.00 Å². The minimum atomic E-state index is -0.649. The van der Waals surface area contributed by atoms with Gasteiger partial charge in [0.1, 0.15) is 16.9 Å². The summed E-state index contributed by atoms with van der Waals surface area (Å²) >= 11 is 8.03. The minimum absolute atomic E-state index is 0.00853. The number of nitrogens with one attached hydrogen (secondary N) is 4. The largest absolute Gasteiger partial charge is 0.374 e. The van der Waals surface area contributed by atoms with Crippen molar-refractivity contribution in [3.63, 3.8) is 0 Å². The van der Waals surface area contributed by atoms with Crippen molar-refractivity contribution in [2.24, 2.45) is 0 Å². The summed E-state index contributed by atoms with van der Waals surface area (Å²) in [6.45, 7) is 10.6. The number of hydrogen-bond donors (Lipinski definition) is 4. The van der Waals surface area contributed by atoms with Crippen LogP contribution >= 0.6 is 22.9 Å². The topological polar surface area (TPSA) is 207 Å². The van der Waals surface area contributed by atoms with Gasteiger partial charge in [-0.3, -0.25) is 43.9 Å². The van der Waals surface area contributed by atoms with Crippen LogP contribution < -0.4 is 21.3 Å². The van der Waals surface area contributed by atoms with Crippen LogP contribution in [0.15, 0.2) is 48.7 Å². The van der Waals surface area contributed by atoms with Gasteiger partial charge in [-0.15, -0.1) is 26.6 Å². The molecule has 9 rings (SSSR count). The van der Waals surface area contributed by atoms with Gasteiger partial charge in [-0.05, 0) is 126 Å². The molecule has 0 spiro atoms. The van der Waals surface area contributed by atoms with Gasteiger partial charge in [0.05, 0.1) is 29.4 Å². The Hall–Kier alpha value is -5.82. The fourth-order valence-electron chi connectivity index (χ4n) is 10.6. The fraction of sp³-hybridized carbons (Fsp3) is 0.500. The number of aromatic nitrogens is 6. The molecule has 364 valence electrons. The lowest BCUT2D eigenvalue weighted by Crippen LogP contribution is -2.53. The van der Waals surface area contributed by atoms with Crippen LogP contribution in [-0.2, 0) is 42.4 Å². The number of carbonyl (C=O) groups is 5. The first-order chi connectivity index (χ1) is 33.3. The number of halogens is 1. The number of benzene rings is 2. The lowest BCUT2D eigenvalue weighted by Gasteiger charge is -2.37. The number of unbranched alkanes of at least 4 members (excludes halogenated alkanes) is 2. The molecular formula is C50H60ClN11O6S. The molecule has 19 heteroatoms. The second kappa shape index (κ2) is 20.6. The van der Waals surface area contributed by atoms with Gasteiger partial charge < -0.3 is 20.3 Å². The summed E-state index contributed by atoms with van der Waals surface area (Å²) < 4.78 is 10.2. The molecule has 6 heterocycles. The monoisotopic (exact) mass is 977 g/mol. The van der Waals surface area contributed by atoms with Crippen LogP contribution in [0.5, 0.6) is 0 Å². The third-order valence-corrected chi connectivity index (χ3v) is 15.6. The summed E-state index contributed by atoms with van der Waals surface area (Å²) in [6.07, 6.45) is 8.83. The Kier molecular flexibility index (Phi) is 14.4. The molecule has 1 fully saturated rings. The normalized spacial score (nSPS) is 21.6. The van der Waals surface area contributed by atoms with Crippen molar-refractivity contribution in [2.45, 2.75) is 141 Å². The number of fused-ring (bicyclic) bond motifs is 3. The molecule has 4 N–H and O–H groups in total.